The number of anilines is 1. The summed E-state index contributed by atoms with van der Waals surface area (Å²) < 4.78 is 0. The molecule has 0 saturated heterocycles. The molecule has 0 spiro atoms. The van der Waals surface area contributed by atoms with Crippen LogP contribution in [-0.2, 0) is 4.79 Å². The maximum Gasteiger partial charge on any atom is 0.248 e. The Morgan fingerprint density at radius 3 is 3.00 bits per heavy atom. The van der Waals surface area contributed by atoms with Crippen molar-refractivity contribution in [2.24, 2.45) is 5.73 Å². The van der Waals surface area contributed by atoms with E-state index in [-0.39, 0.29) is 6.54 Å². The maximum absolute atomic E-state index is 10.6. The van der Waals surface area contributed by atoms with E-state index < -0.39 is 12.0 Å². The van der Waals surface area contributed by atoms with E-state index in [1.54, 1.807) is 19.1 Å². The number of pyridine rings is 1. The number of nitrogens with two attached hydrogens (primary N) is 1. The van der Waals surface area contributed by atoms with E-state index >= 15 is 0 Å². The molecule has 1 aromatic rings. The summed E-state index contributed by atoms with van der Waals surface area (Å²) in [6, 6.07) is 5.27. The van der Waals surface area contributed by atoms with Crippen LogP contribution in [0.1, 0.15) is 11.3 Å². The molecule has 1 heterocycles. The zero-order valence-electron chi connectivity index (χ0n) is 8.77. The first kappa shape index (κ1) is 11.9. The van der Waals surface area contributed by atoms with Gasteiger partial charge in [-0.15, -0.1) is 0 Å². The predicted octanol–water partition coefficient (Wildman–Crippen LogP) is -0.480. The van der Waals surface area contributed by atoms with E-state index in [2.05, 4.69) is 10.3 Å². The number of carbonyl (C=O) groups excluding carboxylic acids is 1. The lowest BCUT2D eigenvalue weighted by molar-refractivity contribution is -0.125. The first-order valence-electron chi connectivity index (χ1n) is 4.63. The van der Waals surface area contributed by atoms with Crippen molar-refractivity contribution in [3.8, 4) is 6.07 Å². The Bertz CT molecular complexity index is 439. The summed E-state index contributed by atoms with van der Waals surface area (Å²) >= 11 is 0. The first-order valence-corrected chi connectivity index (χ1v) is 4.63. The van der Waals surface area contributed by atoms with Crippen LogP contribution in [0, 0.1) is 18.3 Å². The molecule has 0 radical (unpaired) electrons. The number of nitrogens with zero attached hydrogens (tertiary/aromatic N) is 2. The molecule has 1 amide bonds. The van der Waals surface area contributed by atoms with Crippen molar-refractivity contribution in [1.82, 2.24) is 4.98 Å². The summed E-state index contributed by atoms with van der Waals surface area (Å²) in [6.07, 6.45) is -1.30. The fraction of sp³-hybridized carbons (Fsp3) is 0.300. The Balaban J connectivity index is 2.77. The van der Waals surface area contributed by atoms with Crippen LogP contribution in [0.3, 0.4) is 0 Å². The second-order valence-corrected chi connectivity index (χ2v) is 3.26. The highest BCUT2D eigenvalue weighted by Gasteiger charge is 2.11. The van der Waals surface area contributed by atoms with Gasteiger partial charge in [-0.1, -0.05) is 0 Å². The topological polar surface area (TPSA) is 112 Å². The third-order valence-corrected chi connectivity index (χ3v) is 1.95. The number of nitriles is 1. The largest absolute Gasteiger partial charge is 0.381 e. The Hall–Kier alpha value is -2.13. The zero-order chi connectivity index (χ0) is 12.1. The average molecular weight is 220 g/mol. The third kappa shape index (κ3) is 2.93. The van der Waals surface area contributed by atoms with Crippen molar-refractivity contribution in [3.05, 3.63) is 23.4 Å². The minimum Gasteiger partial charge on any atom is -0.381 e. The lowest BCUT2D eigenvalue weighted by Gasteiger charge is -2.10. The molecule has 1 aromatic heterocycles. The zero-order valence-corrected chi connectivity index (χ0v) is 8.77. The summed E-state index contributed by atoms with van der Waals surface area (Å²) in [5.74, 6) is -0.485. The van der Waals surface area contributed by atoms with Crippen molar-refractivity contribution in [2.75, 3.05) is 11.9 Å². The lowest BCUT2D eigenvalue weighted by atomic mass is 10.2. The van der Waals surface area contributed by atoms with Gasteiger partial charge < -0.3 is 16.2 Å². The van der Waals surface area contributed by atoms with Gasteiger partial charge in [0, 0.05) is 5.69 Å². The Labute approximate surface area is 92.7 Å². The molecular weight excluding hydrogens is 208 g/mol. The van der Waals surface area contributed by atoms with Gasteiger partial charge in [-0.25, -0.2) is 4.98 Å². The molecular formula is C10H12N4O2. The van der Waals surface area contributed by atoms with Crippen LogP contribution in [0.4, 0.5) is 5.82 Å². The Morgan fingerprint density at radius 1 is 1.75 bits per heavy atom. The minimum absolute atomic E-state index is 0.0690. The van der Waals surface area contributed by atoms with E-state index in [4.69, 9.17) is 11.0 Å². The monoisotopic (exact) mass is 220 g/mol. The summed E-state index contributed by atoms with van der Waals surface area (Å²) in [5, 5.41) is 20.7. The molecule has 0 aromatic carbocycles. The fourth-order valence-electron chi connectivity index (χ4n) is 1.08. The highest BCUT2D eigenvalue weighted by atomic mass is 16.3. The number of aliphatic hydroxyl groups excluding tert-OH is 1. The minimum atomic E-state index is -1.30. The number of rotatable bonds is 4. The standard InChI is InChI=1S/C10H12N4O2/c1-6-2-3-7(4-11)10(14-6)13-5-8(15)9(12)16/h2-3,8,15H,5H2,1H3,(H2,12,16)(H,13,14). The third-order valence-electron chi connectivity index (χ3n) is 1.95. The number of hydrogen-bond acceptors (Lipinski definition) is 5. The number of primary amides is 1. The molecule has 1 unspecified atom stereocenters. The lowest BCUT2D eigenvalue weighted by Crippen LogP contribution is -2.34. The van der Waals surface area contributed by atoms with Gasteiger partial charge in [-0.05, 0) is 19.1 Å². The molecule has 6 nitrogen and oxygen atoms in total. The molecule has 1 atom stereocenters. The van der Waals surface area contributed by atoms with Crippen molar-refractivity contribution in [3.63, 3.8) is 0 Å². The number of hydrogen-bond donors (Lipinski definition) is 3. The van der Waals surface area contributed by atoms with E-state index in [1.807, 2.05) is 6.07 Å². The second kappa shape index (κ2) is 5.09. The van der Waals surface area contributed by atoms with Crippen LogP contribution >= 0.6 is 0 Å². The Kier molecular flexibility index (Phi) is 3.80. The molecule has 0 aliphatic heterocycles. The van der Waals surface area contributed by atoms with Crippen molar-refractivity contribution < 1.29 is 9.90 Å². The molecule has 16 heavy (non-hydrogen) atoms. The Morgan fingerprint density at radius 2 is 2.44 bits per heavy atom. The van der Waals surface area contributed by atoms with Crippen LogP contribution in [0.5, 0.6) is 0 Å². The second-order valence-electron chi connectivity index (χ2n) is 3.26. The van der Waals surface area contributed by atoms with Gasteiger partial charge >= 0.3 is 0 Å². The van der Waals surface area contributed by atoms with Crippen LogP contribution < -0.4 is 11.1 Å². The van der Waals surface area contributed by atoms with E-state index in [0.29, 0.717) is 11.4 Å². The van der Waals surface area contributed by atoms with Gasteiger partial charge in [0.1, 0.15) is 18.0 Å². The van der Waals surface area contributed by atoms with Gasteiger partial charge in [0.05, 0.1) is 12.1 Å². The summed E-state index contributed by atoms with van der Waals surface area (Å²) in [5.41, 5.74) is 5.97. The number of nitrogens with one attached hydrogen (secondary N) is 1. The summed E-state index contributed by atoms with van der Waals surface area (Å²) in [6.45, 7) is 1.71. The number of carbonyl (C=O) groups is 1. The van der Waals surface area contributed by atoms with Gasteiger partial charge in [0.2, 0.25) is 5.91 Å². The highest BCUT2D eigenvalue weighted by Crippen LogP contribution is 2.11. The van der Waals surface area contributed by atoms with Crippen LogP contribution in [-0.4, -0.2) is 28.6 Å². The van der Waals surface area contributed by atoms with E-state index in [9.17, 15) is 9.90 Å². The molecule has 0 fully saturated rings. The fourth-order valence-corrected chi connectivity index (χ4v) is 1.08. The molecule has 0 saturated carbocycles. The molecule has 4 N–H and O–H groups in total. The number of amides is 1. The van der Waals surface area contributed by atoms with Crippen molar-refractivity contribution >= 4 is 11.7 Å². The van der Waals surface area contributed by atoms with Gasteiger partial charge in [-0.2, -0.15) is 5.26 Å². The number of aliphatic hydroxyl groups is 1. The van der Waals surface area contributed by atoms with Gasteiger partial charge in [0.15, 0.2) is 0 Å². The molecule has 0 aliphatic rings. The molecule has 1 rings (SSSR count). The first-order chi connectivity index (χ1) is 7.54. The van der Waals surface area contributed by atoms with Crippen molar-refractivity contribution in [1.29, 1.82) is 5.26 Å². The maximum atomic E-state index is 10.6. The molecule has 0 bridgehead atoms. The van der Waals surface area contributed by atoms with Gasteiger partial charge in [-0.3, -0.25) is 4.79 Å². The SMILES string of the molecule is Cc1ccc(C#N)c(NCC(O)C(N)=O)n1. The van der Waals surface area contributed by atoms with Gasteiger partial charge in [0.25, 0.3) is 0 Å². The summed E-state index contributed by atoms with van der Waals surface area (Å²) in [7, 11) is 0. The molecule has 6 heteroatoms. The van der Waals surface area contributed by atoms with Crippen molar-refractivity contribution in [2.45, 2.75) is 13.0 Å². The quantitative estimate of drug-likeness (QED) is 0.634. The smallest absolute Gasteiger partial charge is 0.248 e. The predicted molar refractivity (Wildman–Crippen MR) is 57.4 cm³/mol. The van der Waals surface area contributed by atoms with Crippen LogP contribution in [0.25, 0.3) is 0 Å². The highest BCUT2D eigenvalue weighted by molar-refractivity contribution is 5.79. The normalized spacial score (nSPS) is 11.6. The molecule has 84 valence electrons. The van der Waals surface area contributed by atoms with E-state index in [1.165, 1.54) is 0 Å². The number of aromatic nitrogens is 1. The van der Waals surface area contributed by atoms with Crippen LogP contribution in [0.2, 0.25) is 0 Å². The number of aryl methyl sites for hydroxylation is 1. The average Bonchev–Trinajstić information content (AvgIpc) is 2.25. The van der Waals surface area contributed by atoms with Crippen LogP contribution in [0.15, 0.2) is 12.1 Å². The van der Waals surface area contributed by atoms with E-state index in [0.717, 1.165) is 5.69 Å². The molecule has 0 aliphatic carbocycles. The summed E-state index contributed by atoms with van der Waals surface area (Å²) in [4.78, 5) is 14.7.